The number of imide groups is 1. The number of hydrogen-bond donors (Lipinski definition) is 2. The van der Waals surface area contributed by atoms with Gasteiger partial charge in [0.25, 0.3) is 11.1 Å². The fourth-order valence-electron chi connectivity index (χ4n) is 2.08. The van der Waals surface area contributed by atoms with Crippen LogP contribution < -0.4 is 10.4 Å². The Bertz CT molecular complexity index is 968. The van der Waals surface area contributed by atoms with Crippen molar-refractivity contribution in [3.05, 3.63) is 55.5 Å². The van der Waals surface area contributed by atoms with E-state index in [1.54, 1.807) is 12.1 Å². The quantitative estimate of drug-likeness (QED) is 0.706. The van der Waals surface area contributed by atoms with E-state index in [0.29, 0.717) is 15.6 Å². The zero-order valence-corrected chi connectivity index (χ0v) is 15.8. The van der Waals surface area contributed by atoms with Crippen molar-refractivity contribution >= 4 is 44.9 Å². The minimum absolute atomic E-state index is 0.0733. The number of hydrogen-bond acceptors (Lipinski definition) is 7. The Morgan fingerprint density at radius 2 is 2.15 bits per heavy atom. The minimum Gasteiger partial charge on any atom is -0.504 e. The Balaban J connectivity index is 1.85. The normalized spacial score (nSPS) is 15.8. The number of carbonyl (C=O) groups is 2. The third-order valence-electron chi connectivity index (χ3n) is 3.47. The minimum atomic E-state index is -0.465. The van der Waals surface area contributed by atoms with Crippen LogP contribution in [0.5, 0.6) is 11.5 Å². The Morgan fingerprint density at radius 3 is 2.77 bits per heavy atom. The number of H-pyrrole nitrogens is 1. The number of thioether (sulfide) groups is 1. The Kier molecular flexibility index (Phi) is 5.14. The van der Waals surface area contributed by atoms with Gasteiger partial charge in [0, 0.05) is 29.5 Å². The number of benzene rings is 1. The summed E-state index contributed by atoms with van der Waals surface area (Å²) in [5.74, 6) is -0.307. The second-order valence-electron chi connectivity index (χ2n) is 5.30. The van der Waals surface area contributed by atoms with Gasteiger partial charge in [-0.25, -0.2) is 9.78 Å². The Labute approximate surface area is 160 Å². The fraction of sp³-hybridized carbons (Fsp3) is 0.125. The van der Waals surface area contributed by atoms with E-state index in [-0.39, 0.29) is 34.2 Å². The van der Waals surface area contributed by atoms with E-state index in [1.807, 2.05) is 0 Å². The van der Waals surface area contributed by atoms with Crippen LogP contribution in [0.4, 0.5) is 4.79 Å². The molecule has 0 spiro atoms. The monoisotopic (exact) mass is 437 g/mol. The highest BCUT2D eigenvalue weighted by Crippen LogP contribution is 2.37. The molecule has 10 heteroatoms. The van der Waals surface area contributed by atoms with E-state index in [1.165, 1.54) is 25.5 Å². The summed E-state index contributed by atoms with van der Waals surface area (Å²) in [7, 11) is 1.41. The van der Waals surface area contributed by atoms with E-state index in [2.05, 4.69) is 25.9 Å². The lowest BCUT2D eigenvalue weighted by Gasteiger charge is -2.10. The predicted octanol–water partition coefficient (Wildman–Crippen LogP) is 2.48. The first-order chi connectivity index (χ1) is 12.3. The number of halogens is 1. The third-order valence-corrected chi connectivity index (χ3v) is 5.12. The van der Waals surface area contributed by atoms with Crippen molar-refractivity contribution in [3.8, 4) is 11.5 Å². The third kappa shape index (κ3) is 3.81. The van der Waals surface area contributed by atoms with Gasteiger partial charge in [0.05, 0.1) is 4.91 Å². The highest BCUT2D eigenvalue weighted by molar-refractivity contribution is 9.10. The Morgan fingerprint density at radius 1 is 1.38 bits per heavy atom. The van der Waals surface area contributed by atoms with Crippen LogP contribution in [-0.4, -0.2) is 38.2 Å². The topological polar surface area (TPSA) is 113 Å². The molecular weight excluding hydrogens is 426 g/mol. The highest BCUT2D eigenvalue weighted by atomic mass is 79.9. The molecule has 2 N–H and O–H groups in total. The number of aromatic hydroxyl groups is 1. The molecule has 1 saturated heterocycles. The molecule has 2 heterocycles. The van der Waals surface area contributed by atoms with Gasteiger partial charge in [-0.1, -0.05) is 15.9 Å². The molecule has 0 atom stereocenters. The predicted molar refractivity (Wildman–Crippen MR) is 98.7 cm³/mol. The maximum atomic E-state index is 12.0. The molecule has 1 fully saturated rings. The average Bonchev–Trinajstić information content (AvgIpc) is 2.84. The van der Waals surface area contributed by atoms with Crippen molar-refractivity contribution in [3.63, 3.8) is 0 Å². The van der Waals surface area contributed by atoms with Crippen molar-refractivity contribution in [2.45, 2.75) is 6.61 Å². The summed E-state index contributed by atoms with van der Waals surface area (Å²) in [5.41, 5.74) is 0.712. The van der Waals surface area contributed by atoms with Gasteiger partial charge in [0.2, 0.25) is 0 Å². The number of nitrogens with one attached hydrogen (secondary N) is 1. The van der Waals surface area contributed by atoms with Gasteiger partial charge >= 0.3 is 5.69 Å². The van der Waals surface area contributed by atoms with Crippen molar-refractivity contribution in [1.82, 2.24) is 14.9 Å². The molecular formula is C16H12BrN3O5S. The van der Waals surface area contributed by atoms with Gasteiger partial charge in [-0.3, -0.25) is 14.5 Å². The molecule has 2 aromatic rings. The van der Waals surface area contributed by atoms with Gasteiger partial charge in [-0.2, -0.15) is 0 Å². The maximum Gasteiger partial charge on any atom is 0.344 e. The van der Waals surface area contributed by atoms with Gasteiger partial charge < -0.3 is 14.8 Å². The highest BCUT2D eigenvalue weighted by Gasteiger charge is 2.32. The molecule has 0 radical (unpaired) electrons. The summed E-state index contributed by atoms with van der Waals surface area (Å²) in [6.45, 7) is 0.0733. The van der Waals surface area contributed by atoms with E-state index in [4.69, 9.17) is 4.74 Å². The first-order valence-electron chi connectivity index (χ1n) is 7.25. The average molecular weight is 438 g/mol. The lowest BCUT2D eigenvalue weighted by atomic mass is 10.2. The first kappa shape index (κ1) is 18.2. The van der Waals surface area contributed by atoms with Crippen LogP contribution in [0.3, 0.4) is 0 Å². The van der Waals surface area contributed by atoms with Crippen LogP contribution >= 0.6 is 27.7 Å². The van der Waals surface area contributed by atoms with Crippen molar-refractivity contribution < 1.29 is 19.4 Å². The number of phenols is 1. The van der Waals surface area contributed by atoms with Gasteiger partial charge in [-0.15, -0.1) is 0 Å². The zero-order valence-electron chi connectivity index (χ0n) is 13.4. The summed E-state index contributed by atoms with van der Waals surface area (Å²) >= 11 is 4.15. The molecule has 1 aromatic heterocycles. The van der Waals surface area contributed by atoms with E-state index < -0.39 is 5.69 Å². The molecule has 2 amide bonds. The van der Waals surface area contributed by atoms with Gasteiger partial charge in [0.1, 0.15) is 6.61 Å². The van der Waals surface area contributed by atoms with E-state index in [9.17, 15) is 19.5 Å². The van der Waals surface area contributed by atoms with Crippen molar-refractivity contribution in [2.24, 2.45) is 0 Å². The molecule has 0 saturated carbocycles. The standard InChI is InChI=1S/C16H12BrN3O5S/c1-20-14(22)13(26-16(20)24)3-9-2-12(11(21)4-10(9)17)25-7-8-5-18-15(23)19-6-8/h2-6,21H,7H2,1H3,(H,18,19,23)/b13-3-. The van der Waals surface area contributed by atoms with E-state index in [0.717, 1.165) is 16.7 Å². The Hall–Kier alpha value is -2.59. The van der Waals surface area contributed by atoms with Crippen LogP contribution in [0.15, 0.2) is 38.7 Å². The number of phenolic OH excluding ortho intramolecular Hbond substituents is 1. The molecule has 0 bridgehead atoms. The second-order valence-corrected chi connectivity index (χ2v) is 7.15. The number of rotatable bonds is 4. The van der Waals surface area contributed by atoms with Crippen LogP contribution in [0.2, 0.25) is 0 Å². The summed E-state index contributed by atoms with van der Waals surface area (Å²) in [6, 6.07) is 2.98. The summed E-state index contributed by atoms with van der Waals surface area (Å²) in [6.07, 6.45) is 4.38. The molecule has 3 rings (SSSR count). The SMILES string of the molecule is CN1C(=O)S/C(=C\c2cc(OCc3cnc(=O)[nH]c3)c(O)cc2Br)C1=O. The number of carbonyl (C=O) groups excluding carboxylic acids is 2. The smallest absolute Gasteiger partial charge is 0.344 e. The number of likely N-dealkylation sites (N-methyl/N-ethyl adjacent to an activating group) is 1. The summed E-state index contributed by atoms with van der Waals surface area (Å²) in [4.78, 5) is 41.9. The number of nitrogens with zero attached hydrogens (tertiary/aromatic N) is 2. The summed E-state index contributed by atoms with van der Waals surface area (Å²) < 4.78 is 6.10. The second kappa shape index (κ2) is 7.34. The first-order valence-corrected chi connectivity index (χ1v) is 8.86. The molecule has 8 nitrogen and oxygen atoms in total. The number of ether oxygens (including phenoxy) is 1. The van der Waals surface area contributed by atoms with Gasteiger partial charge in [-0.05, 0) is 35.5 Å². The molecule has 1 aliphatic heterocycles. The van der Waals surface area contributed by atoms with Crippen molar-refractivity contribution in [2.75, 3.05) is 7.05 Å². The van der Waals surface area contributed by atoms with Gasteiger partial charge in [0.15, 0.2) is 11.5 Å². The lowest BCUT2D eigenvalue weighted by Crippen LogP contribution is -2.22. The molecule has 1 aromatic carbocycles. The number of aromatic nitrogens is 2. The van der Waals surface area contributed by atoms with Crippen molar-refractivity contribution in [1.29, 1.82) is 0 Å². The fourth-order valence-corrected chi connectivity index (χ4v) is 3.35. The molecule has 1 aliphatic rings. The maximum absolute atomic E-state index is 12.0. The molecule has 0 aliphatic carbocycles. The number of aromatic amines is 1. The van der Waals surface area contributed by atoms with Crippen LogP contribution in [0, 0.1) is 0 Å². The number of amides is 2. The largest absolute Gasteiger partial charge is 0.504 e. The molecule has 26 heavy (non-hydrogen) atoms. The molecule has 0 unspecified atom stereocenters. The molecule has 134 valence electrons. The zero-order chi connectivity index (χ0) is 18.8. The van der Waals surface area contributed by atoms with Crippen LogP contribution in [-0.2, 0) is 11.4 Å². The summed E-state index contributed by atoms with van der Waals surface area (Å²) in [5, 5.41) is 9.70. The van der Waals surface area contributed by atoms with E-state index >= 15 is 0 Å². The van der Waals surface area contributed by atoms with Crippen LogP contribution in [0.25, 0.3) is 6.08 Å². The lowest BCUT2D eigenvalue weighted by molar-refractivity contribution is -0.121. The van der Waals surface area contributed by atoms with Crippen LogP contribution in [0.1, 0.15) is 11.1 Å².